The van der Waals surface area contributed by atoms with Crippen molar-refractivity contribution >= 4 is 27.6 Å². The normalized spacial score (nSPS) is 29.8. The smallest absolute Gasteiger partial charge is 0.233 e. The number of nitrogens with one attached hydrogen (secondary N) is 2. The van der Waals surface area contributed by atoms with Crippen LogP contribution in [0.5, 0.6) is 5.88 Å². The molecule has 6 rings (SSSR count). The van der Waals surface area contributed by atoms with E-state index in [-0.39, 0.29) is 30.7 Å². The lowest BCUT2D eigenvalue weighted by molar-refractivity contribution is -0.177. The standard InChI is InChI=1S/C22H29N9O4S/c1-29(21-25-18(6-20(26-21)35-2)24-19-3-14(12-32)27-28-19)15-4-16-7-22(8-17(5-15)31(16)22)36(33,34)30-10-13(9-23)11-30/h3,6,13,15-17,32H,4-5,7-8,10-12H2,1-2H3,(H2,24,25,26,27,28)/t15?,16-,17+,22?. The van der Waals surface area contributed by atoms with Crippen molar-refractivity contribution in [3.63, 3.8) is 0 Å². The highest BCUT2D eigenvalue weighted by molar-refractivity contribution is 7.90. The van der Waals surface area contributed by atoms with Crippen molar-refractivity contribution in [3.8, 4) is 11.9 Å². The number of sulfonamides is 1. The highest BCUT2D eigenvalue weighted by atomic mass is 32.2. The second-order valence-electron chi connectivity index (χ2n) is 10.1. The third-order valence-corrected chi connectivity index (χ3v) is 10.6. The number of rotatable bonds is 8. The Bertz CT molecular complexity index is 1300. The summed E-state index contributed by atoms with van der Waals surface area (Å²) >= 11 is 0. The Labute approximate surface area is 209 Å². The molecule has 13 nitrogen and oxygen atoms in total. The molecule has 3 N–H and O–H groups in total. The Kier molecular flexibility index (Phi) is 5.38. The number of nitriles is 1. The number of hydrogen-bond acceptors (Lipinski definition) is 11. The van der Waals surface area contributed by atoms with Gasteiger partial charge in [0.2, 0.25) is 21.9 Å². The van der Waals surface area contributed by atoms with Crippen LogP contribution in [-0.4, -0.2) is 93.1 Å². The maximum absolute atomic E-state index is 13.3. The molecule has 192 valence electrons. The van der Waals surface area contributed by atoms with E-state index in [4.69, 9.17) is 10.00 Å². The van der Waals surface area contributed by atoms with Crippen LogP contribution in [0.4, 0.5) is 17.6 Å². The maximum Gasteiger partial charge on any atom is 0.233 e. The van der Waals surface area contributed by atoms with Crippen molar-refractivity contribution in [3.05, 3.63) is 17.8 Å². The van der Waals surface area contributed by atoms with Gasteiger partial charge in [-0.25, -0.2) is 8.42 Å². The number of H-pyrrole nitrogens is 1. The molecular formula is C22H29N9O4S. The van der Waals surface area contributed by atoms with E-state index in [1.165, 1.54) is 4.31 Å². The van der Waals surface area contributed by atoms with Gasteiger partial charge < -0.3 is 20.1 Å². The molecule has 4 aliphatic heterocycles. The minimum atomic E-state index is -3.43. The van der Waals surface area contributed by atoms with Crippen LogP contribution in [-0.2, 0) is 16.6 Å². The molecule has 0 amide bonds. The summed E-state index contributed by atoms with van der Waals surface area (Å²) in [7, 11) is 0.0810. The van der Waals surface area contributed by atoms with Gasteiger partial charge >= 0.3 is 0 Å². The first-order chi connectivity index (χ1) is 17.3. The van der Waals surface area contributed by atoms with Crippen LogP contribution in [0, 0.1) is 17.2 Å². The van der Waals surface area contributed by atoms with Crippen molar-refractivity contribution < 1.29 is 18.3 Å². The van der Waals surface area contributed by atoms with E-state index < -0.39 is 14.9 Å². The fourth-order valence-corrected chi connectivity index (χ4v) is 8.84. The first kappa shape index (κ1) is 23.4. The van der Waals surface area contributed by atoms with Crippen molar-refractivity contribution in [2.24, 2.45) is 5.92 Å². The number of aromatic nitrogens is 4. The van der Waals surface area contributed by atoms with Gasteiger partial charge in [-0.3, -0.25) is 10.00 Å². The van der Waals surface area contributed by atoms with Crippen molar-refractivity contribution in [1.29, 1.82) is 5.26 Å². The van der Waals surface area contributed by atoms with Crippen molar-refractivity contribution in [2.45, 2.75) is 55.3 Å². The maximum atomic E-state index is 13.3. The summed E-state index contributed by atoms with van der Waals surface area (Å²) in [5.41, 5.74) is 0.584. The van der Waals surface area contributed by atoms with Crippen LogP contribution >= 0.6 is 0 Å². The summed E-state index contributed by atoms with van der Waals surface area (Å²) in [6.07, 6.45) is 2.91. The zero-order chi connectivity index (χ0) is 25.2. The molecule has 0 aromatic carbocycles. The molecule has 0 spiro atoms. The van der Waals surface area contributed by atoms with Gasteiger partial charge in [-0.1, -0.05) is 0 Å². The molecule has 0 radical (unpaired) electrons. The number of ether oxygens (including phenoxy) is 1. The number of nitrogens with zero attached hydrogens (tertiary/aromatic N) is 7. The van der Waals surface area contributed by atoms with Crippen LogP contribution in [0.25, 0.3) is 0 Å². The molecule has 6 heterocycles. The average Bonchev–Trinajstić information content (AvgIpc) is 3.25. The fraction of sp³-hybridized carbons (Fsp3) is 0.636. The largest absolute Gasteiger partial charge is 0.481 e. The Balaban J connectivity index is 1.15. The topological polar surface area (TPSA) is 164 Å². The third-order valence-electron chi connectivity index (χ3n) is 8.13. The van der Waals surface area contributed by atoms with Crippen molar-refractivity contribution in [1.82, 2.24) is 29.4 Å². The highest BCUT2D eigenvalue weighted by Crippen LogP contribution is 2.60. The summed E-state index contributed by atoms with van der Waals surface area (Å²) in [4.78, 5) is 12.7. The minimum Gasteiger partial charge on any atom is -0.481 e. The van der Waals surface area contributed by atoms with Gasteiger partial charge in [-0.15, -0.1) is 0 Å². The third kappa shape index (κ3) is 3.37. The Morgan fingerprint density at radius 1 is 1.28 bits per heavy atom. The molecule has 2 aromatic rings. The van der Waals surface area contributed by atoms with Crippen LogP contribution in [0.2, 0.25) is 0 Å². The number of aliphatic hydroxyl groups is 1. The van der Waals surface area contributed by atoms with E-state index in [1.54, 1.807) is 19.2 Å². The molecular weight excluding hydrogens is 486 g/mol. The predicted molar refractivity (Wildman–Crippen MR) is 129 cm³/mol. The number of piperidine rings is 2. The number of aliphatic hydroxyl groups excluding tert-OH is 1. The second-order valence-corrected chi connectivity index (χ2v) is 12.3. The number of methoxy groups -OCH3 is 1. The average molecular weight is 516 g/mol. The lowest BCUT2D eigenvalue weighted by atomic mass is 9.67. The van der Waals surface area contributed by atoms with E-state index in [0.29, 0.717) is 55.1 Å². The Morgan fingerprint density at radius 3 is 2.61 bits per heavy atom. The molecule has 36 heavy (non-hydrogen) atoms. The van der Waals surface area contributed by atoms with E-state index in [0.717, 1.165) is 12.8 Å². The monoisotopic (exact) mass is 515 g/mol. The number of anilines is 3. The summed E-state index contributed by atoms with van der Waals surface area (Å²) in [5, 5.41) is 28.3. The van der Waals surface area contributed by atoms with Gasteiger partial charge in [0.15, 0.2) is 5.82 Å². The van der Waals surface area contributed by atoms with Crippen molar-refractivity contribution in [2.75, 3.05) is 37.5 Å². The molecule has 2 aromatic heterocycles. The van der Waals surface area contributed by atoms with E-state index in [1.807, 2.05) is 7.05 Å². The Morgan fingerprint density at radius 2 is 2.00 bits per heavy atom. The zero-order valence-electron chi connectivity index (χ0n) is 20.1. The minimum absolute atomic E-state index is 0.141. The first-order valence-electron chi connectivity index (χ1n) is 12.0. The Hall–Kier alpha value is -2.99. The number of hydrogen-bond donors (Lipinski definition) is 3. The second kappa shape index (κ2) is 8.27. The van der Waals surface area contributed by atoms with E-state index in [9.17, 15) is 13.5 Å². The first-order valence-corrected chi connectivity index (χ1v) is 13.5. The molecule has 4 atom stereocenters. The quantitative estimate of drug-likeness (QED) is 0.445. The molecule has 0 aliphatic carbocycles. The molecule has 14 heteroatoms. The molecule has 0 bridgehead atoms. The van der Waals surface area contributed by atoms with Gasteiger partial charge in [0.05, 0.1) is 31.4 Å². The molecule has 4 saturated heterocycles. The highest BCUT2D eigenvalue weighted by Gasteiger charge is 2.73. The van der Waals surface area contributed by atoms with Gasteiger partial charge in [-0.05, 0) is 25.7 Å². The summed E-state index contributed by atoms with van der Waals surface area (Å²) in [6, 6.07) is 6.10. The fourth-order valence-electron chi connectivity index (χ4n) is 6.24. The van der Waals surface area contributed by atoms with Gasteiger partial charge in [0, 0.05) is 50.4 Å². The SMILES string of the molecule is COc1cc(Nc2cc(CO)[nH]n2)nc(N(C)C2C[C@@H]3CC4(S(=O)(=O)N5CC(C#N)C5)C[C@H](C2)N34)n1. The molecule has 2 unspecified atom stereocenters. The lowest BCUT2D eigenvalue weighted by Gasteiger charge is -2.73. The summed E-state index contributed by atoms with van der Waals surface area (Å²) in [6.45, 7) is 0.494. The lowest BCUT2D eigenvalue weighted by Crippen LogP contribution is -2.85. The van der Waals surface area contributed by atoms with Crippen LogP contribution in [0.15, 0.2) is 12.1 Å². The van der Waals surface area contributed by atoms with Gasteiger partial charge in [-0.2, -0.15) is 24.6 Å². The molecule has 4 fully saturated rings. The van der Waals surface area contributed by atoms with E-state index in [2.05, 4.69) is 41.4 Å². The zero-order valence-corrected chi connectivity index (χ0v) is 20.9. The van der Waals surface area contributed by atoms with Gasteiger partial charge in [0.1, 0.15) is 10.7 Å². The molecule has 0 saturated carbocycles. The molecule has 4 aliphatic rings. The van der Waals surface area contributed by atoms with E-state index >= 15 is 0 Å². The van der Waals surface area contributed by atoms with Gasteiger partial charge in [0.25, 0.3) is 0 Å². The van der Waals surface area contributed by atoms with Crippen LogP contribution in [0.1, 0.15) is 31.4 Å². The summed E-state index contributed by atoms with van der Waals surface area (Å²) < 4.78 is 33.5. The predicted octanol–water partition coefficient (Wildman–Crippen LogP) is 0.371. The number of aromatic amines is 1. The van der Waals surface area contributed by atoms with Crippen LogP contribution in [0.3, 0.4) is 0 Å². The van der Waals surface area contributed by atoms with Crippen LogP contribution < -0.4 is 15.0 Å². The summed E-state index contributed by atoms with van der Waals surface area (Å²) in [5.74, 6) is 1.77.